The Morgan fingerprint density at radius 3 is 1.91 bits per heavy atom. The number of rotatable bonds is 12. The number of allylic oxidation sites excluding steroid dienone is 1. The van der Waals surface area contributed by atoms with Gasteiger partial charge in [-0.05, 0) is 19.8 Å². The van der Waals surface area contributed by atoms with E-state index in [-0.39, 0.29) is 5.97 Å². The number of aliphatic hydroxyl groups excluding tert-OH is 1. The van der Waals surface area contributed by atoms with Gasteiger partial charge in [0.1, 0.15) is 12.2 Å². The molecule has 2 atom stereocenters. The van der Waals surface area contributed by atoms with Crippen LogP contribution in [-0.4, -0.2) is 23.3 Å². The van der Waals surface area contributed by atoms with E-state index >= 15 is 0 Å². The standard InChI is InChI=1S/C19H34O3/c1-3-4-5-6-7-8-9-10-11-12-13-14-15-17-18(20)16(2)22-19(17)21/h15-16,18,20H,3-14H2,1-2H3/b17-15-/t16-,18+/m1/s1. The number of cyclic esters (lactones) is 1. The number of hydrogen-bond donors (Lipinski definition) is 1. The highest BCUT2D eigenvalue weighted by molar-refractivity contribution is 5.92. The Kier molecular flexibility index (Phi) is 10.2. The predicted octanol–water partition coefficient (Wildman–Crippen LogP) is 4.92. The zero-order valence-electron chi connectivity index (χ0n) is 14.5. The zero-order chi connectivity index (χ0) is 16.2. The van der Waals surface area contributed by atoms with Gasteiger partial charge >= 0.3 is 5.97 Å². The monoisotopic (exact) mass is 310 g/mol. The summed E-state index contributed by atoms with van der Waals surface area (Å²) in [7, 11) is 0. The van der Waals surface area contributed by atoms with Crippen LogP contribution in [0.15, 0.2) is 11.6 Å². The van der Waals surface area contributed by atoms with Gasteiger partial charge < -0.3 is 9.84 Å². The average molecular weight is 310 g/mol. The highest BCUT2D eigenvalue weighted by Crippen LogP contribution is 2.22. The highest BCUT2D eigenvalue weighted by atomic mass is 16.6. The van der Waals surface area contributed by atoms with E-state index in [1.807, 2.05) is 6.08 Å². The molecule has 0 aromatic carbocycles. The Bertz CT molecular complexity index is 336. The zero-order valence-corrected chi connectivity index (χ0v) is 14.5. The lowest BCUT2D eigenvalue weighted by atomic mass is 10.0. The van der Waals surface area contributed by atoms with Crippen molar-refractivity contribution in [2.75, 3.05) is 0 Å². The fourth-order valence-corrected chi connectivity index (χ4v) is 2.95. The summed E-state index contributed by atoms with van der Waals surface area (Å²) in [5.74, 6) is -0.344. The fraction of sp³-hybridized carbons (Fsp3) is 0.842. The second kappa shape index (κ2) is 11.7. The summed E-state index contributed by atoms with van der Waals surface area (Å²) in [6.07, 6.45) is 16.1. The van der Waals surface area contributed by atoms with Crippen molar-refractivity contribution in [3.8, 4) is 0 Å². The molecule has 22 heavy (non-hydrogen) atoms. The number of carbonyl (C=O) groups is 1. The summed E-state index contributed by atoms with van der Waals surface area (Å²) in [5, 5.41) is 9.79. The van der Waals surface area contributed by atoms with Gasteiger partial charge in [-0.15, -0.1) is 0 Å². The van der Waals surface area contributed by atoms with Gasteiger partial charge in [-0.25, -0.2) is 4.79 Å². The summed E-state index contributed by atoms with van der Waals surface area (Å²) < 4.78 is 4.99. The van der Waals surface area contributed by atoms with Crippen LogP contribution in [0.1, 0.15) is 90.9 Å². The second-order valence-corrected chi connectivity index (χ2v) is 6.54. The van der Waals surface area contributed by atoms with Gasteiger partial charge in [0, 0.05) is 0 Å². The molecule has 0 spiro atoms. The van der Waals surface area contributed by atoms with Crippen molar-refractivity contribution in [3.05, 3.63) is 11.6 Å². The number of esters is 1. The number of unbranched alkanes of at least 4 members (excludes halogenated alkanes) is 11. The Morgan fingerprint density at radius 2 is 1.45 bits per heavy atom. The summed E-state index contributed by atoms with van der Waals surface area (Å²) in [5.41, 5.74) is 0.458. The van der Waals surface area contributed by atoms with E-state index in [1.165, 1.54) is 64.2 Å². The Balaban J connectivity index is 1.93. The molecule has 1 N–H and O–H groups in total. The van der Waals surface area contributed by atoms with Crippen molar-refractivity contribution in [1.82, 2.24) is 0 Å². The number of aliphatic hydroxyl groups is 1. The smallest absolute Gasteiger partial charge is 0.336 e. The lowest BCUT2D eigenvalue weighted by Gasteiger charge is -2.04. The molecule has 1 saturated heterocycles. The van der Waals surface area contributed by atoms with Gasteiger partial charge in [0.05, 0.1) is 5.57 Å². The molecule has 1 aliphatic rings. The maximum Gasteiger partial charge on any atom is 0.336 e. The van der Waals surface area contributed by atoms with Gasteiger partial charge in [0.15, 0.2) is 0 Å². The third-order valence-corrected chi connectivity index (χ3v) is 4.46. The van der Waals surface area contributed by atoms with E-state index in [2.05, 4.69) is 6.92 Å². The second-order valence-electron chi connectivity index (χ2n) is 6.54. The van der Waals surface area contributed by atoms with Crippen molar-refractivity contribution >= 4 is 5.97 Å². The summed E-state index contributed by atoms with van der Waals surface area (Å²) in [6, 6.07) is 0. The van der Waals surface area contributed by atoms with Crippen molar-refractivity contribution in [3.63, 3.8) is 0 Å². The Morgan fingerprint density at radius 1 is 0.955 bits per heavy atom. The number of carbonyl (C=O) groups excluding carboxylic acids is 1. The quantitative estimate of drug-likeness (QED) is 0.316. The molecule has 0 unspecified atom stereocenters. The van der Waals surface area contributed by atoms with Crippen molar-refractivity contribution in [1.29, 1.82) is 0 Å². The first-order valence-electron chi connectivity index (χ1n) is 9.26. The first-order valence-corrected chi connectivity index (χ1v) is 9.26. The van der Waals surface area contributed by atoms with Crippen LogP contribution in [0.5, 0.6) is 0 Å². The van der Waals surface area contributed by atoms with E-state index in [1.54, 1.807) is 6.92 Å². The lowest BCUT2D eigenvalue weighted by Crippen LogP contribution is -2.17. The van der Waals surface area contributed by atoms with Crippen LogP contribution in [-0.2, 0) is 9.53 Å². The van der Waals surface area contributed by atoms with Gasteiger partial charge in [0.2, 0.25) is 0 Å². The summed E-state index contributed by atoms with van der Waals surface area (Å²) in [4.78, 5) is 11.5. The first-order chi connectivity index (χ1) is 10.7. The topological polar surface area (TPSA) is 46.5 Å². The van der Waals surface area contributed by atoms with E-state index < -0.39 is 12.2 Å². The molecule has 0 amide bonds. The molecule has 0 aromatic rings. The largest absolute Gasteiger partial charge is 0.456 e. The SMILES string of the molecule is CCCCCCCCCCCCC/C=C1\C(=O)O[C@H](C)[C@@H]1O. The fourth-order valence-electron chi connectivity index (χ4n) is 2.95. The van der Waals surface area contributed by atoms with Crippen LogP contribution < -0.4 is 0 Å². The number of hydrogen-bond acceptors (Lipinski definition) is 3. The lowest BCUT2D eigenvalue weighted by molar-refractivity contribution is -0.138. The molecule has 128 valence electrons. The third-order valence-electron chi connectivity index (χ3n) is 4.46. The van der Waals surface area contributed by atoms with Crippen LogP contribution in [0, 0.1) is 0 Å². The molecule has 1 aliphatic heterocycles. The maximum absolute atomic E-state index is 11.5. The molecular formula is C19H34O3. The minimum Gasteiger partial charge on any atom is -0.456 e. The molecular weight excluding hydrogens is 276 g/mol. The molecule has 1 fully saturated rings. The molecule has 3 heteroatoms. The molecule has 3 nitrogen and oxygen atoms in total. The van der Waals surface area contributed by atoms with Crippen molar-refractivity contribution in [2.24, 2.45) is 0 Å². The predicted molar refractivity (Wildman–Crippen MR) is 90.7 cm³/mol. The Labute approximate surface area is 136 Å². The van der Waals surface area contributed by atoms with E-state index in [0.717, 1.165) is 12.8 Å². The van der Waals surface area contributed by atoms with Crippen molar-refractivity contribution < 1.29 is 14.6 Å². The van der Waals surface area contributed by atoms with Gasteiger partial charge in [-0.1, -0.05) is 77.2 Å². The van der Waals surface area contributed by atoms with Gasteiger partial charge in [0.25, 0.3) is 0 Å². The molecule has 0 radical (unpaired) electrons. The molecule has 0 saturated carbocycles. The molecule has 1 rings (SSSR count). The van der Waals surface area contributed by atoms with Gasteiger partial charge in [-0.3, -0.25) is 0 Å². The van der Waals surface area contributed by atoms with E-state index in [0.29, 0.717) is 5.57 Å². The third kappa shape index (κ3) is 7.44. The van der Waals surface area contributed by atoms with Gasteiger partial charge in [-0.2, -0.15) is 0 Å². The minimum absolute atomic E-state index is 0.344. The Hall–Kier alpha value is -0.830. The molecule has 0 aromatic heterocycles. The highest BCUT2D eigenvalue weighted by Gasteiger charge is 2.34. The molecule has 1 heterocycles. The van der Waals surface area contributed by atoms with Crippen LogP contribution in [0.3, 0.4) is 0 Å². The maximum atomic E-state index is 11.5. The molecule has 0 bridgehead atoms. The normalized spacial score (nSPS) is 23.2. The summed E-state index contributed by atoms with van der Waals surface area (Å²) >= 11 is 0. The molecule has 0 aliphatic carbocycles. The minimum atomic E-state index is -0.736. The van der Waals surface area contributed by atoms with Crippen molar-refractivity contribution in [2.45, 2.75) is 103 Å². The first kappa shape index (κ1) is 19.2. The van der Waals surface area contributed by atoms with Crippen LogP contribution in [0.25, 0.3) is 0 Å². The van der Waals surface area contributed by atoms with E-state index in [4.69, 9.17) is 4.74 Å². The average Bonchev–Trinajstić information content (AvgIpc) is 2.74. The van der Waals surface area contributed by atoms with Crippen LogP contribution in [0.2, 0.25) is 0 Å². The van der Waals surface area contributed by atoms with E-state index in [9.17, 15) is 9.90 Å². The van der Waals surface area contributed by atoms with Crippen LogP contribution >= 0.6 is 0 Å². The summed E-state index contributed by atoms with van der Waals surface area (Å²) in [6.45, 7) is 3.98. The van der Waals surface area contributed by atoms with Crippen LogP contribution in [0.4, 0.5) is 0 Å². The number of ether oxygens (including phenoxy) is 1.